The van der Waals surface area contributed by atoms with E-state index in [1.165, 1.54) is 36.4 Å². The Labute approximate surface area is 148 Å². The van der Waals surface area contributed by atoms with Crippen molar-refractivity contribution in [1.29, 1.82) is 0 Å². The molecule has 0 aliphatic heterocycles. The van der Waals surface area contributed by atoms with Crippen molar-refractivity contribution in [2.75, 3.05) is 11.1 Å². The van der Waals surface area contributed by atoms with Gasteiger partial charge in [0.05, 0.1) is 11.4 Å². The lowest BCUT2D eigenvalue weighted by molar-refractivity contribution is -0.274. The van der Waals surface area contributed by atoms with E-state index in [1.54, 1.807) is 26.8 Å². The minimum atomic E-state index is -4.81. The molecule has 1 amide bonds. The SMILES string of the molecule is CC(C)(C)OC(=O)Nc1ccc(-c2ccccc2OC(F)(F)F)cc1N. The Bertz CT molecular complexity index is 799. The zero-order chi connectivity index (χ0) is 19.5. The van der Waals surface area contributed by atoms with Gasteiger partial charge in [-0.05, 0) is 44.5 Å². The first-order chi connectivity index (χ1) is 11.9. The number of hydrogen-bond acceptors (Lipinski definition) is 4. The Kier molecular flexibility index (Phi) is 5.34. The number of carbonyl (C=O) groups excluding carboxylic acids is 1. The van der Waals surface area contributed by atoms with Crippen molar-refractivity contribution in [3.05, 3.63) is 42.5 Å². The van der Waals surface area contributed by atoms with Crippen molar-refractivity contribution < 1.29 is 27.4 Å². The molecular formula is C18H19F3N2O3. The Morgan fingerprint density at radius 2 is 1.73 bits per heavy atom. The fraction of sp³-hybridized carbons (Fsp3) is 0.278. The highest BCUT2D eigenvalue weighted by molar-refractivity contribution is 5.90. The van der Waals surface area contributed by atoms with Crippen LogP contribution in [0.5, 0.6) is 5.75 Å². The fourth-order valence-electron chi connectivity index (χ4n) is 2.18. The average Bonchev–Trinajstić information content (AvgIpc) is 2.46. The summed E-state index contributed by atoms with van der Waals surface area (Å²) < 4.78 is 46.8. The molecule has 3 N–H and O–H groups in total. The van der Waals surface area contributed by atoms with Crippen LogP contribution < -0.4 is 15.8 Å². The minimum Gasteiger partial charge on any atom is -0.444 e. The summed E-state index contributed by atoms with van der Waals surface area (Å²) in [5.41, 5.74) is 6.34. The molecule has 0 saturated carbocycles. The van der Waals surface area contributed by atoms with Crippen LogP contribution in [-0.2, 0) is 4.74 Å². The summed E-state index contributed by atoms with van der Waals surface area (Å²) in [6.07, 6.45) is -5.49. The number of benzene rings is 2. The third kappa shape index (κ3) is 5.58. The highest BCUT2D eigenvalue weighted by Crippen LogP contribution is 2.35. The summed E-state index contributed by atoms with van der Waals surface area (Å²) in [7, 11) is 0. The quantitative estimate of drug-likeness (QED) is 0.732. The van der Waals surface area contributed by atoms with Gasteiger partial charge in [0.25, 0.3) is 0 Å². The molecule has 8 heteroatoms. The second-order valence-electron chi connectivity index (χ2n) is 6.47. The van der Waals surface area contributed by atoms with Gasteiger partial charge in [-0.2, -0.15) is 0 Å². The van der Waals surface area contributed by atoms with Crippen molar-refractivity contribution in [3.63, 3.8) is 0 Å². The van der Waals surface area contributed by atoms with Gasteiger partial charge in [0.2, 0.25) is 0 Å². The molecule has 0 aliphatic carbocycles. The highest BCUT2D eigenvalue weighted by Gasteiger charge is 2.32. The monoisotopic (exact) mass is 368 g/mol. The average molecular weight is 368 g/mol. The van der Waals surface area contributed by atoms with Crippen molar-refractivity contribution >= 4 is 17.5 Å². The first-order valence-electron chi connectivity index (χ1n) is 7.69. The van der Waals surface area contributed by atoms with Crippen LogP contribution in [0.3, 0.4) is 0 Å². The summed E-state index contributed by atoms with van der Waals surface area (Å²) in [6, 6.07) is 10.2. The van der Waals surface area contributed by atoms with E-state index in [1.807, 2.05) is 0 Å². The molecule has 0 fully saturated rings. The fourth-order valence-corrected chi connectivity index (χ4v) is 2.18. The lowest BCUT2D eigenvalue weighted by Gasteiger charge is -2.20. The van der Waals surface area contributed by atoms with Crippen molar-refractivity contribution in [1.82, 2.24) is 0 Å². The molecule has 140 valence electrons. The number of alkyl halides is 3. The van der Waals surface area contributed by atoms with Gasteiger partial charge in [0, 0.05) is 5.56 Å². The number of nitrogens with one attached hydrogen (secondary N) is 1. The first kappa shape index (κ1) is 19.4. The lowest BCUT2D eigenvalue weighted by atomic mass is 10.0. The minimum absolute atomic E-state index is 0.176. The second kappa shape index (κ2) is 7.15. The van der Waals surface area contributed by atoms with Crippen molar-refractivity contribution in [3.8, 4) is 16.9 Å². The Balaban J connectivity index is 2.27. The van der Waals surface area contributed by atoms with Gasteiger partial charge >= 0.3 is 12.5 Å². The predicted octanol–water partition coefficient (Wildman–Crippen LogP) is 5.18. The van der Waals surface area contributed by atoms with E-state index in [9.17, 15) is 18.0 Å². The summed E-state index contributed by atoms with van der Waals surface area (Å²) in [6.45, 7) is 5.16. The standard InChI is InChI=1S/C18H19F3N2O3/c1-17(2,3)26-16(24)23-14-9-8-11(10-13(14)22)12-6-4-5-7-15(12)25-18(19,20)21/h4-10H,22H2,1-3H3,(H,23,24). The number of amides is 1. The van der Waals surface area contributed by atoms with E-state index >= 15 is 0 Å². The molecule has 0 unspecified atom stereocenters. The van der Waals surface area contributed by atoms with Crippen LogP contribution in [0.15, 0.2) is 42.5 Å². The van der Waals surface area contributed by atoms with Crippen LogP contribution >= 0.6 is 0 Å². The molecule has 5 nitrogen and oxygen atoms in total. The molecule has 2 aromatic carbocycles. The van der Waals surface area contributed by atoms with Gasteiger partial charge < -0.3 is 15.2 Å². The molecule has 0 aliphatic rings. The molecule has 0 radical (unpaired) electrons. The normalized spacial score (nSPS) is 11.8. The van der Waals surface area contributed by atoms with Crippen LogP contribution in [0.4, 0.5) is 29.3 Å². The molecule has 0 bridgehead atoms. The molecule has 2 rings (SSSR count). The van der Waals surface area contributed by atoms with Crippen LogP contribution in [-0.4, -0.2) is 18.1 Å². The number of ether oxygens (including phenoxy) is 2. The predicted molar refractivity (Wildman–Crippen MR) is 92.8 cm³/mol. The van der Waals surface area contributed by atoms with Crippen LogP contribution in [0.1, 0.15) is 20.8 Å². The third-order valence-electron chi connectivity index (χ3n) is 3.11. The molecule has 2 aromatic rings. The topological polar surface area (TPSA) is 73.6 Å². The zero-order valence-corrected chi connectivity index (χ0v) is 14.5. The van der Waals surface area contributed by atoms with Crippen molar-refractivity contribution in [2.45, 2.75) is 32.7 Å². The van der Waals surface area contributed by atoms with E-state index < -0.39 is 18.1 Å². The van der Waals surface area contributed by atoms with E-state index in [2.05, 4.69) is 10.1 Å². The van der Waals surface area contributed by atoms with Crippen molar-refractivity contribution in [2.24, 2.45) is 0 Å². The summed E-state index contributed by atoms with van der Waals surface area (Å²) in [4.78, 5) is 11.8. The molecule has 0 aromatic heterocycles. The molecule has 26 heavy (non-hydrogen) atoms. The van der Waals surface area contributed by atoms with Crippen LogP contribution in [0, 0.1) is 0 Å². The van der Waals surface area contributed by atoms with E-state index in [0.717, 1.165) is 0 Å². The molecular weight excluding hydrogens is 349 g/mol. The number of nitrogen functional groups attached to an aromatic ring is 1. The summed E-state index contributed by atoms with van der Waals surface area (Å²) in [5.74, 6) is -0.341. The van der Waals surface area contributed by atoms with Gasteiger partial charge in [0.15, 0.2) is 0 Å². The Hall–Kier alpha value is -2.90. The number of anilines is 2. The highest BCUT2D eigenvalue weighted by atomic mass is 19.4. The smallest absolute Gasteiger partial charge is 0.444 e. The number of carbonyl (C=O) groups is 1. The van der Waals surface area contributed by atoms with Gasteiger partial charge in [-0.25, -0.2) is 4.79 Å². The maximum Gasteiger partial charge on any atom is 0.573 e. The Morgan fingerprint density at radius 3 is 2.31 bits per heavy atom. The first-order valence-corrected chi connectivity index (χ1v) is 7.69. The number of para-hydroxylation sites is 1. The largest absolute Gasteiger partial charge is 0.573 e. The van der Waals surface area contributed by atoms with Gasteiger partial charge in [0.1, 0.15) is 11.4 Å². The maximum absolute atomic E-state index is 12.6. The zero-order valence-electron chi connectivity index (χ0n) is 14.5. The Morgan fingerprint density at radius 1 is 1.08 bits per heavy atom. The lowest BCUT2D eigenvalue weighted by Crippen LogP contribution is -2.27. The van der Waals surface area contributed by atoms with Gasteiger partial charge in [-0.1, -0.05) is 24.3 Å². The number of halogens is 3. The summed E-state index contributed by atoms with van der Waals surface area (Å²) >= 11 is 0. The van der Waals surface area contributed by atoms with Gasteiger partial charge in [-0.3, -0.25) is 5.32 Å². The van der Waals surface area contributed by atoms with E-state index in [0.29, 0.717) is 5.56 Å². The third-order valence-corrected chi connectivity index (χ3v) is 3.11. The maximum atomic E-state index is 12.6. The molecule has 0 heterocycles. The number of nitrogens with two attached hydrogens (primary N) is 1. The van der Waals surface area contributed by atoms with Crippen LogP contribution in [0.25, 0.3) is 11.1 Å². The van der Waals surface area contributed by atoms with Crippen LogP contribution in [0.2, 0.25) is 0 Å². The second-order valence-corrected chi connectivity index (χ2v) is 6.47. The molecule has 0 atom stereocenters. The summed E-state index contributed by atoms with van der Waals surface area (Å²) in [5, 5.41) is 2.50. The number of hydrogen-bond donors (Lipinski definition) is 2. The van der Waals surface area contributed by atoms with E-state index in [-0.39, 0.29) is 22.7 Å². The molecule has 0 saturated heterocycles. The number of rotatable bonds is 3. The van der Waals surface area contributed by atoms with E-state index in [4.69, 9.17) is 10.5 Å². The van der Waals surface area contributed by atoms with Gasteiger partial charge in [-0.15, -0.1) is 13.2 Å². The molecule has 0 spiro atoms.